The van der Waals surface area contributed by atoms with E-state index in [1.165, 1.54) is 0 Å². The Hall–Kier alpha value is -1.75. The van der Waals surface area contributed by atoms with Crippen LogP contribution in [0.3, 0.4) is 0 Å². The van der Waals surface area contributed by atoms with Gasteiger partial charge in [-0.2, -0.15) is 0 Å². The van der Waals surface area contributed by atoms with Gasteiger partial charge in [0.05, 0.1) is 6.54 Å². The number of fused-ring (bicyclic) bond motifs is 1. The number of phenols is 1. The SMILES string of the molecule is Oc1ccc(CNC2=NCCS2)c2cccnc12. The molecule has 18 heavy (non-hydrogen) atoms. The van der Waals surface area contributed by atoms with Gasteiger partial charge in [0.15, 0.2) is 5.17 Å². The summed E-state index contributed by atoms with van der Waals surface area (Å²) in [5.41, 5.74) is 1.77. The molecule has 2 heterocycles. The van der Waals surface area contributed by atoms with Crippen molar-refractivity contribution >= 4 is 27.8 Å². The van der Waals surface area contributed by atoms with Crippen molar-refractivity contribution < 1.29 is 5.11 Å². The van der Waals surface area contributed by atoms with Crippen molar-refractivity contribution in [3.63, 3.8) is 0 Å². The van der Waals surface area contributed by atoms with Gasteiger partial charge in [-0.05, 0) is 17.7 Å². The van der Waals surface area contributed by atoms with Crippen molar-refractivity contribution in [1.29, 1.82) is 0 Å². The molecule has 0 aliphatic carbocycles. The van der Waals surface area contributed by atoms with E-state index < -0.39 is 0 Å². The van der Waals surface area contributed by atoms with Crippen LogP contribution in [0, 0.1) is 0 Å². The van der Waals surface area contributed by atoms with Crippen LogP contribution in [0.25, 0.3) is 10.9 Å². The number of amidine groups is 1. The van der Waals surface area contributed by atoms with Crippen LogP contribution in [0.2, 0.25) is 0 Å². The smallest absolute Gasteiger partial charge is 0.156 e. The summed E-state index contributed by atoms with van der Waals surface area (Å²) < 4.78 is 0. The van der Waals surface area contributed by atoms with Crippen LogP contribution in [-0.2, 0) is 6.54 Å². The van der Waals surface area contributed by atoms with E-state index >= 15 is 0 Å². The predicted molar refractivity (Wildman–Crippen MR) is 75.0 cm³/mol. The Morgan fingerprint density at radius 3 is 3.11 bits per heavy atom. The first-order chi connectivity index (χ1) is 8.84. The van der Waals surface area contributed by atoms with Crippen LogP contribution >= 0.6 is 11.8 Å². The third-order valence-corrected chi connectivity index (χ3v) is 3.79. The largest absolute Gasteiger partial charge is 0.506 e. The molecule has 1 aliphatic heterocycles. The second-order valence-electron chi connectivity index (χ2n) is 4.03. The molecule has 3 rings (SSSR count). The zero-order valence-corrected chi connectivity index (χ0v) is 10.6. The zero-order valence-electron chi connectivity index (χ0n) is 9.76. The maximum absolute atomic E-state index is 9.76. The predicted octanol–water partition coefficient (Wildman–Crippen LogP) is 2.13. The molecular formula is C13H13N3OS. The van der Waals surface area contributed by atoms with Crippen molar-refractivity contribution in [2.24, 2.45) is 4.99 Å². The summed E-state index contributed by atoms with van der Waals surface area (Å²) in [6, 6.07) is 7.47. The Bertz CT molecular complexity index is 612. The van der Waals surface area contributed by atoms with Gasteiger partial charge in [-0.25, -0.2) is 0 Å². The monoisotopic (exact) mass is 259 g/mol. The first-order valence-corrected chi connectivity index (χ1v) is 6.80. The lowest BCUT2D eigenvalue weighted by Gasteiger charge is -2.09. The maximum atomic E-state index is 9.76. The van der Waals surface area contributed by atoms with Gasteiger partial charge in [-0.1, -0.05) is 23.9 Å². The number of benzene rings is 1. The van der Waals surface area contributed by atoms with Crippen molar-refractivity contribution in [3.05, 3.63) is 36.0 Å². The molecule has 0 radical (unpaired) electrons. The molecule has 0 bridgehead atoms. The van der Waals surface area contributed by atoms with E-state index in [0.717, 1.165) is 28.4 Å². The highest BCUT2D eigenvalue weighted by atomic mass is 32.2. The van der Waals surface area contributed by atoms with Crippen LogP contribution in [-0.4, -0.2) is 27.6 Å². The van der Waals surface area contributed by atoms with Crippen LogP contribution in [0.15, 0.2) is 35.5 Å². The van der Waals surface area contributed by atoms with Crippen LogP contribution in [0.5, 0.6) is 5.75 Å². The second-order valence-corrected chi connectivity index (χ2v) is 5.12. The van der Waals surface area contributed by atoms with Crippen LogP contribution in [0.1, 0.15) is 5.56 Å². The van der Waals surface area contributed by atoms with Crippen LogP contribution in [0.4, 0.5) is 0 Å². The summed E-state index contributed by atoms with van der Waals surface area (Å²) in [5.74, 6) is 1.28. The molecule has 0 amide bonds. The molecule has 0 unspecified atom stereocenters. The quantitative estimate of drug-likeness (QED) is 0.867. The fraction of sp³-hybridized carbons (Fsp3) is 0.231. The van der Waals surface area contributed by atoms with E-state index in [1.54, 1.807) is 24.0 Å². The van der Waals surface area contributed by atoms with E-state index in [-0.39, 0.29) is 5.75 Å². The molecule has 1 aliphatic rings. The normalized spacial score (nSPS) is 14.8. The zero-order chi connectivity index (χ0) is 12.4. The minimum atomic E-state index is 0.224. The molecule has 92 valence electrons. The molecular weight excluding hydrogens is 246 g/mol. The fourth-order valence-corrected chi connectivity index (χ4v) is 2.72. The number of hydrogen-bond donors (Lipinski definition) is 2. The Morgan fingerprint density at radius 2 is 2.28 bits per heavy atom. The van der Waals surface area contributed by atoms with Crippen molar-refractivity contribution in [1.82, 2.24) is 10.3 Å². The number of aliphatic imine (C=N–C) groups is 1. The third-order valence-electron chi connectivity index (χ3n) is 2.85. The lowest BCUT2D eigenvalue weighted by molar-refractivity contribution is 0.480. The van der Waals surface area contributed by atoms with Gasteiger partial charge in [0.1, 0.15) is 11.3 Å². The summed E-state index contributed by atoms with van der Waals surface area (Å²) >= 11 is 1.74. The number of aromatic hydroxyl groups is 1. The number of thioether (sulfide) groups is 1. The molecule has 2 aromatic rings. The Morgan fingerprint density at radius 1 is 1.33 bits per heavy atom. The maximum Gasteiger partial charge on any atom is 0.156 e. The summed E-state index contributed by atoms with van der Waals surface area (Å²) in [6.07, 6.45) is 1.69. The minimum absolute atomic E-state index is 0.224. The van der Waals surface area contributed by atoms with Crippen molar-refractivity contribution in [2.75, 3.05) is 12.3 Å². The number of pyridine rings is 1. The average molecular weight is 259 g/mol. The molecule has 0 fully saturated rings. The molecule has 1 aromatic heterocycles. The van der Waals surface area contributed by atoms with Gasteiger partial charge in [-0.15, -0.1) is 0 Å². The summed E-state index contributed by atoms with van der Waals surface area (Å²) in [6.45, 7) is 1.60. The Labute approximate surface area is 109 Å². The van der Waals surface area contributed by atoms with Gasteiger partial charge in [0.2, 0.25) is 0 Å². The van der Waals surface area contributed by atoms with Gasteiger partial charge in [0.25, 0.3) is 0 Å². The number of phenolic OH excluding ortho intramolecular Hbond substituents is 1. The number of nitrogens with zero attached hydrogens (tertiary/aromatic N) is 2. The van der Waals surface area contributed by atoms with E-state index in [2.05, 4.69) is 15.3 Å². The van der Waals surface area contributed by atoms with Gasteiger partial charge < -0.3 is 10.4 Å². The topological polar surface area (TPSA) is 57.5 Å². The third kappa shape index (κ3) is 2.13. The second kappa shape index (κ2) is 4.86. The van der Waals surface area contributed by atoms with Gasteiger partial charge in [0, 0.05) is 23.9 Å². The van der Waals surface area contributed by atoms with Gasteiger partial charge >= 0.3 is 0 Å². The summed E-state index contributed by atoms with van der Waals surface area (Å²) in [7, 11) is 0. The Kier molecular flexibility index (Phi) is 3.06. The number of aromatic nitrogens is 1. The molecule has 2 N–H and O–H groups in total. The first-order valence-electron chi connectivity index (χ1n) is 5.81. The lowest BCUT2D eigenvalue weighted by atomic mass is 10.1. The number of rotatable bonds is 2. The van der Waals surface area contributed by atoms with Gasteiger partial charge in [-0.3, -0.25) is 9.98 Å². The minimum Gasteiger partial charge on any atom is -0.506 e. The molecule has 0 saturated carbocycles. The standard InChI is InChI=1S/C13H13N3OS/c17-11-4-3-9(8-16-13-15-6-7-18-13)10-2-1-5-14-12(10)11/h1-5,17H,6-8H2,(H,15,16). The average Bonchev–Trinajstić information content (AvgIpc) is 2.92. The molecule has 1 aromatic carbocycles. The Balaban J connectivity index is 1.89. The molecule has 5 heteroatoms. The first kappa shape index (κ1) is 11.3. The molecule has 4 nitrogen and oxygen atoms in total. The molecule has 0 spiro atoms. The highest BCUT2D eigenvalue weighted by molar-refractivity contribution is 8.14. The van der Waals surface area contributed by atoms with E-state index in [0.29, 0.717) is 12.1 Å². The highest BCUT2D eigenvalue weighted by Gasteiger charge is 2.09. The number of nitrogens with one attached hydrogen (secondary N) is 1. The van der Waals surface area contributed by atoms with E-state index in [1.807, 2.05) is 18.2 Å². The van der Waals surface area contributed by atoms with Crippen LogP contribution < -0.4 is 5.32 Å². The molecule has 0 saturated heterocycles. The lowest BCUT2D eigenvalue weighted by Crippen LogP contribution is -2.18. The van der Waals surface area contributed by atoms with Crippen molar-refractivity contribution in [3.8, 4) is 5.75 Å². The summed E-state index contributed by atoms with van der Waals surface area (Å²) in [4.78, 5) is 8.56. The fourth-order valence-electron chi connectivity index (χ4n) is 1.98. The summed E-state index contributed by atoms with van der Waals surface area (Å²) in [5, 5.41) is 15.1. The van der Waals surface area contributed by atoms with E-state index in [4.69, 9.17) is 0 Å². The van der Waals surface area contributed by atoms with E-state index in [9.17, 15) is 5.11 Å². The number of hydrogen-bond acceptors (Lipinski definition) is 5. The molecule has 0 atom stereocenters. The highest BCUT2D eigenvalue weighted by Crippen LogP contribution is 2.25. The van der Waals surface area contributed by atoms with Crippen molar-refractivity contribution in [2.45, 2.75) is 6.54 Å².